The molecule has 2 N–H and O–H groups in total. The van der Waals surface area contributed by atoms with Crippen LogP contribution in [-0.4, -0.2) is 64.2 Å². The van der Waals surface area contributed by atoms with Gasteiger partial charge in [0.2, 0.25) is 0 Å². The number of ether oxygens (including phenoxy) is 2. The van der Waals surface area contributed by atoms with Crippen molar-refractivity contribution in [3.05, 3.63) is 23.3 Å². The molecule has 0 saturated heterocycles. The Kier molecular flexibility index (Phi) is 8.92. The number of carbonyl (C=O) groups is 2. The van der Waals surface area contributed by atoms with Gasteiger partial charge in [-0.05, 0) is 44.0 Å². The van der Waals surface area contributed by atoms with Gasteiger partial charge in [-0.15, -0.1) is 0 Å². The fourth-order valence-electron chi connectivity index (χ4n) is 2.68. The molecule has 2 amide bonds. The molecule has 0 aliphatic rings. The summed E-state index contributed by atoms with van der Waals surface area (Å²) in [5, 5.41) is 2.77. The van der Waals surface area contributed by atoms with Gasteiger partial charge in [-0.2, -0.15) is 0 Å². The smallest absolute Gasteiger partial charge is 0.277 e. The molecule has 7 heteroatoms. The summed E-state index contributed by atoms with van der Waals surface area (Å²) in [5.41, 5.74) is 2.03. The molecule has 1 unspecified atom stereocenters. The molecule has 0 aliphatic heterocycles. The molecule has 0 bridgehead atoms. The maximum Gasteiger partial charge on any atom is 0.277 e. The van der Waals surface area contributed by atoms with E-state index in [0.29, 0.717) is 37.7 Å². The monoisotopic (exact) mass is 366 g/mol. The quantitative estimate of drug-likeness (QED) is 0.612. The lowest BCUT2D eigenvalue weighted by Gasteiger charge is -2.22. The van der Waals surface area contributed by atoms with Gasteiger partial charge >= 0.3 is 0 Å². The molecule has 26 heavy (non-hydrogen) atoms. The zero-order valence-electron chi connectivity index (χ0n) is 16.8. The van der Waals surface area contributed by atoms with Gasteiger partial charge in [0.15, 0.2) is 24.6 Å². The summed E-state index contributed by atoms with van der Waals surface area (Å²) in [6.07, 6.45) is 0. The number of nitrogens with zero attached hydrogens (tertiary/aromatic N) is 1. The predicted octanol–water partition coefficient (Wildman–Crippen LogP) is 0.0115. The summed E-state index contributed by atoms with van der Waals surface area (Å²) in [7, 11) is 4.97. The van der Waals surface area contributed by atoms with Crippen molar-refractivity contribution in [2.45, 2.75) is 27.3 Å². The molecule has 0 fully saturated rings. The van der Waals surface area contributed by atoms with Crippen molar-refractivity contribution in [3.63, 3.8) is 0 Å². The van der Waals surface area contributed by atoms with E-state index in [9.17, 15) is 9.59 Å². The number of methoxy groups -OCH3 is 2. The second kappa shape index (κ2) is 10.7. The van der Waals surface area contributed by atoms with Gasteiger partial charge in [0, 0.05) is 20.1 Å². The Hall–Kier alpha value is -2.28. The van der Waals surface area contributed by atoms with Gasteiger partial charge in [0.25, 0.3) is 11.8 Å². The summed E-state index contributed by atoms with van der Waals surface area (Å²) < 4.78 is 10.6. The Morgan fingerprint density at radius 3 is 2.27 bits per heavy atom. The van der Waals surface area contributed by atoms with E-state index in [1.807, 2.05) is 32.9 Å². The number of rotatable bonds is 10. The van der Waals surface area contributed by atoms with Crippen LogP contribution in [0, 0.1) is 6.92 Å². The van der Waals surface area contributed by atoms with Crippen LogP contribution < -0.4 is 19.7 Å². The number of likely N-dealkylation sites (N-methyl/N-ethyl adjacent to an activating group) is 3. The van der Waals surface area contributed by atoms with E-state index in [-0.39, 0.29) is 18.4 Å². The maximum absolute atomic E-state index is 12.6. The number of hydrogen-bond acceptors (Lipinski definition) is 4. The topological polar surface area (TPSA) is 72.3 Å². The second-order valence-corrected chi connectivity index (χ2v) is 6.29. The van der Waals surface area contributed by atoms with Crippen LogP contribution in [0.15, 0.2) is 12.1 Å². The molecule has 0 saturated carbocycles. The fourth-order valence-corrected chi connectivity index (χ4v) is 2.68. The third kappa shape index (κ3) is 6.22. The summed E-state index contributed by atoms with van der Waals surface area (Å²) in [6.45, 7) is 8.22. The Morgan fingerprint density at radius 1 is 1.12 bits per heavy atom. The van der Waals surface area contributed by atoms with Crippen LogP contribution in [0.3, 0.4) is 0 Å². The molecule has 146 valence electrons. The van der Waals surface area contributed by atoms with Crippen LogP contribution in [0.4, 0.5) is 0 Å². The zero-order chi connectivity index (χ0) is 19.7. The first kappa shape index (κ1) is 21.8. The Bertz CT molecular complexity index is 619. The number of amides is 2. The van der Waals surface area contributed by atoms with Crippen LogP contribution in [-0.2, 0) is 16.1 Å². The number of quaternary nitrogens is 1. The highest BCUT2D eigenvalue weighted by molar-refractivity contribution is 5.78. The lowest BCUT2D eigenvalue weighted by molar-refractivity contribution is -0.882. The third-order valence-corrected chi connectivity index (χ3v) is 4.36. The highest BCUT2D eigenvalue weighted by atomic mass is 16.5. The summed E-state index contributed by atoms with van der Waals surface area (Å²) >= 11 is 0. The number of benzene rings is 1. The van der Waals surface area contributed by atoms with Crippen molar-refractivity contribution in [3.8, 4) is 11.5 Å². The van der Waals surface area contributed by atoms with Crippen LogP contribution in [0.2, 0.25) is 0 Å². The number of carbonyl (C=O) groups excluding carboxylic acids is 2. The maximum atomic E-state index is 12.6. The molecule has 0 radical (unpaired) electrons. The van der Waals surface area contributed by atoms with E-state index >= 15 is 0 Å². The fraction of sp³-hybridized carbons (Fsp3) is 0.579. The van der Waals surface area contributed by atoms with Crippen LogP contribution in [0.5, 0.6) is 11.5 Å². The van der Waals surface area contributed by atoms with Crippen LogP contribution in [0.1, 0.15) is 25.0 Å². The first-order chi connectivity index (χ1) is 12.4. The van der Waals surface area contributed by atoms with E-state index in [1.165, 1.54) is 0 Å². The molecule has 1 aromatic rings. The third-order valence-electron chi connectivity index (χ3n) is 4.36. The molecule has 7 nitrogen and oxygen atoms in total. The summed E-state index contributed by atoms with van der Waals surface area (Å²) in [5.74, 6) is 1.29. The van der Waals surface area contributed by atoms with Crippen LogP contribution >= 0.6 is 0 Å². The summed E-state index contributed by atoms with van der Waals surface area (Å²) in [6, 6.07) is 3.81. The Morgan fingerprint density at radius 2 is 1.73 bits per heavy atom. The standard InChI is InChI=1S/C19H31N3O4/c1-7-20-18(23)12-22(8-2)13-19(24)21(4)11-15-10-17(26-6)16(25-5)9-14(15)3/h9-10H,7-8,11-13H2,1-6H3,(H,20,23)/p+1. The SMILES string of the molecule is CCNC(=O)C[NH+](CC)CC(=O)N(C)Cc1cc(OC)c(OC)cc1C. The number of hydrogen-bond donors (Lipinski definition) is 2. The first-order valence-corrected chi connectivity index (χ1v) is 8.91. The molecular formula is C19H32N3O4+. The molecule has 0 heterocycles. The molecular weight excluding hydrogens is 334 g/mol. The Labute approximate surface area is 156 Å². The highest BCUT2D eigenvalue weighted by Crippen LogP contribution is 2.30. The van der Waals surface area contributed by atoms with Gasteiger partial charge in [0.05, 0.1) is 20.8 Å². The Balaban J connectivity index is 2.75. The average Bonchev–Trinajstić information content (AvgIpc) is 2.62. The molecule has 0 aliphatic carbocycles. The zero-order valence-corrected chi connectivity index (χ0v) is 16.8. The van der Waals surface area contributed by atoms with E-state index in [0.717, 1.165) is 16.0 Å². The number of nitrogens with one attached hydrogen (secondary N) is 2. The van der Waals surface area contributed by atoms with Crippen molar-refractivity contribution in [1.29, 1.82) is 0 Å². The average molecular weight is 366 g/mol. The van der Waals surface area contributed by atoms with Gasteiger partial charge in [-0.1, -0.05) is 0 Å². The van der Waals surface area contributed by atoms with Crippen molar-refractivity contribution in [1.82, 2.24) is 10.2 Å². The van der Waals surface area contributed by atoms with Gasteiger partial charge in [-0.3, -0.25) is 9.59 Å². The van der Waals surface area contributed by atoms with E-state index in [4.69, 9.17) is 9.47 Å². The van der Waals surface area contributed by atoms with Gasteiger partial charge < -0.3 is 24.6 Å². The van der Waals surface area contributed by atoms with Crippen molar-refractivity contribution in [2.75, 3.05) is 47.4 Å². The minimum Gasteiger partial charge on any atom is -0.493 e. The molecule has 1 rings (SSSR count). The van der Waals surface area contributed by atoms with Crippen molar-refractivity contribution < 1.29 is 24.0 Å². The van der Waals surface area contributed by atoms with E-state index in [1.54, 1.807) is 26.2 Å². The first-order valence-electron chi connectivity index (χ1n) is 8.91. The highest BCUT2D eigenvalue weighted by Gasteiger charge is 2.20. The second-order valence-electron chi connectivity index (χ2n) is 6.29. The van der Waals surface area contributed by atoms with Crippen LogP contribution in [0.25, 0.3) is 0 Å². The van der Waals surface area contributed by atoms with Crippen molar-refractivity contribution in [2.24, 2.45) is 0 Å². The molecule has 0 spiro atoms. The van der Waals surface area contributed by atoms with E-state index in [2.05, 4.69) is 5.32 Å². The lowest BCUT2D eigenvalue weighted by atomic mass is 10.1. The molecule has 1 atom stereocenters. The van der Waals surface area contributed by atoms with Gasteiger partial charge in [0.1, 0.15) is 0 Å². The van der Waals surface area contributed by atoms with Crippen molar-refractivity contribution >= 4 is 11.8 Å². The normalized spacial score (nSPS) is 11.6. The number of aryl methyl sites for hydroxylation is 1. The lowest BCUT2D eigenvalue weighted by Crippen LogP contribution is -3.14. The molecule has 1 aromatic carbocycles. The van der Waals surface area contributed by atoms with E-state index < -0.39 is 0 Å². The predicted molar refractivity (Wildman–Crippen MR) is 101 cm³/mol. The minimum absolute atomic E-state index is 0.000309. The summed E-state index contributed by atoms with van der Waals surface area (Å²) in [4.78, 5) is 26.9. The minimum atomic E-state index is -0.0319. The largest absolute Gasteiger partial charge is 0.493 e. The van der Waals surface area contributed by atoms with Gasteiger partial charge in [-0.25, -0.2) is 0 Å². The molecule has 0 aromatic heterocycles.